The second-order valence-electron chi connectivity index (χ2n) is 4.31. The standard InChI is InChI=1S/C10H18N2O2.ClH/c11-10(13)14-12-7-3-5-8-4-1-2-6-9(8)12;/h8-9H,1-7H2,(H2,11,13);1H/t8-,9+;/m0./s1. The van der Waals surface area contributed by atoms with Gasteiger partial charge in [0.25, 0.3) is 0 Å². The number of hydrogen-bond donors (Lipinski definition) is 1. The van der Waals surface area contributed by atoms with Gasteiger partial charge in [-0.2, -0.15) is 0 Å². The Morgan fingerprint density at radius 3 is 2.60 bits per heavy atom. The lowest BCUT2D eigenvalue weighted by atomic mass is 9.79. The predicted molar refractivity (Wildman–Crippen MR) is 59.6 cm³/mol. The fraction of sp³-hybridized carbons (Fsp3) is 0.900. The van der Waals surface area contributed by atoms with Gasteiger partial charge in [-0.15, -0.1) is 17.5 Å². The molecule has 2 rings (SSSR count). The first kappa shape index (κ1) is 12.6. The molecule has 5 heteroatoms. The second kappa shape index (κ2) is 5.56. The van der Waals surface area contributed by atoms with Gasteiger partial charge >= 0.3 is 6.09 Å². The topological polar surface area (TPSA) is 55.6 Å². The molecule has 2 aliphatic rings. The van der Waals surface area contributed by atoms with Crippen LogP contribution in [0.5, 0.6) is 0 Å². The molecule has 0 spiro atoms. The maximum absolute atomic E-state index is 10.7. The van der Waals surface area contributed by atoms with Crippen molar-refractivity contribution in [2.24, 2.45) is 11.7 Å². The molecule has 1 heterocycles. The van der Waals surface area contributed by atoms with Crippen LogP contribution in [0.4, 0.5) is 4.79 Å². The van der Waals surface area contributed by atoms with Crippen molar-refractivity contribution in [2.75, 3.05) is 6.54 Å². The van der Waals surface area contributed by atoms with Gasteiger partial charge in [-0.1, -0.05) is 12.8 Å². The summed E-state index contributed by atoms with van der Waals surface area (Å²) in [6.45, 7) is 0.851. The van der Waals surface area contributed by atoms with Crippen LogP contribution < -0.4 is 5.73 Å². The third-order valence-electron chi connectivity index (χ3n) is 3.40. The number of piperidine rings is 1. The van der Waals surface area contributed by atoms with E-state index in [0.29, 0.717) is 6.04 Å². The first-order valence-corrected chi connectivity index (χ1v) is 5.51. The molecule has 0 aromatic carbocycles. The number of primary amides is 1. The Labute approximate surface area is 96.5 Å². The number of rotatable bonds is 1. The number of hydroxylamine groups is 2. The average molecular weight is 235 g/mol. The summed E-state index contributed by atoms with van der Waals surface area (Å²) in [6, 6.07) is 0.435. The number of hydrogen-bond acceptors (Lipinski definition) is 3. The number of halogens is 1. The molecule has 0 aromatic heterocycles. The molecular weight excluding hydrogens is 216 g/mol. The summed E-state index contributed by atoms with van der Waals surface area (Å²) in [7, 11) is 0. The van der Waals surface area contributed by atoms with Gasteiger partial charge in [0.15, 0.2) is 0 Å². The van der Waals surface area contributed by atoms with Crippen LogP contribution in [0.15, 0.2) is 0 Å². The second-order valence-corrected chi connectivity index (χ2v) is 4.31. The summed E-state index contributed by atoms with van der Waals surface area (Å²) in [5, 5.41) is 1.82. The van der Waals surface area contributed by atoms with Gasteiger partial charge in [-0.3, -0.25) is 0 Å². The van der Waals surface area contributed by atoms with E-state index in [2.05, 4.69) is 0 Å². The van der Waals surface area contributed by atoms with Gasteiger partial charge in [0.1, 0.15) is 0 Å². The van der Waals surface area contributed by atoms with Gasteiger partial charge in [-0.25, -0.2) is 4.79 Å². The van der Waals surface area contributed by atoms with Crippen LogP contribution in [-0.4, -0.2) is 23.7 Å². The van der Waals surface area contributed by atoms with E-state index in [9.17, 15) is 4.79 Å². The predicted octanol–water partition coefficient (Wildman–Crippen LogP) is 2.07. The molecular formula is C10H19ClN2O2. The largest absolute Gasteiger partial charge is 0.423 e. The Balaban J connectivity index is 0.00000112. The lowest BCUT2D eigenvalue weighted by Crippen LogP contribution is -2.48. The number of amides is 1. The highest BCUT2D eigenvalue weighted by molar-refractivity contribution is 5.85. The van der Waals surface area contributed by atoms with Gasteiger partial charge in [0, 0.05) is 12.6 Å². The minimum absolute atomic E-state index is 0. The van der Waals surface area contributed by atoms with Crippen molar-refractivity contribution in [1.29, 1.82) is 0 Å². The highest BCUT2D eigenvalue weighted by Gasteiger charge is 2.35. The maximum Gasteiger partial charge on any atom is 0.423 e. The van der Waals surface area contributed by atoms with Gasteiger partial charge in [-0.05, 0) is 31.6 Å². The quantitative estimate of drug-likeness (QED) is 0.756. The molecule has 2 fully saturated rings. The molecule has 2 N–H and O–H groups in total. The van der Waals surface area contributed by atoms with Crippen molar-refractivity contribution in [3.05, 3.63) is 0 Å². The number of nitrogens with zero attached hydrogens (tertiary/aromatic N) is 1. The molecule has 0 aromatic rings. The molecule has 4 nitrogen and oxygen atoms in total. The summed E-state index contributed by atoms with van der Waals surface area (Å²) >= 11 is 0. The first-order chi connectivity index (χ1) is 6.77. The molecule has 1 amide bonds. The Bertz CT molecular complexity index is 223. The fourth-order valence-corrected chi connectivity index (χ4v) is 2.81. The highest BCUT2D eigenvalue weighted by atomic mass is 35.5. The van der Waals surface area contributed by atoms with Crippen LogP contribution in [0.1, 0.15) is 38.5 Å². The van der Waals surface area contributed by atoms with E-state index in [1.54, 1.807) is 0 Å². The van der Waals surface area contributed by atoms with Crippen LogP contribution in [0, 0.1) is 5.92 Å². The zero-order chi connectivity index (χ0) is 9.97. The highest BCUT2D eigenvalue weighted by Crippen LogP contribution is 2.35. The number of fused-ring (bicyclic) bond motifs is 1. The zero-order valence-electron chi connectivity index (χ0n) is 8.85. The number of carbonyl (C=O) groups is 1. The third kappa shape index (κ3) is 2.98. The molecule has 88 valence electrons. The molecule has 0 bridgehead atoms. The summed E-state index contributed by atoms with van der Waals surface area (Å²) in [5.41, 5.74) is 5.04. The Morgan fingerprint density at radius 1 is 1.20 bits per heavy atom. The Hall–Kier alpha value is -0.480. The van der Waals surface area contributed by atoms with E-state index >= 15 is 0 Å². The Morgan fingerprint density at radius 2 is 1.87 bits per heavy atom. The first-order valence-electron chi connectivity index (χ1n) is 5.51. The van der Waals surface area contributed by atoms with Crippen LogP contribution in [0.3, 0.4) is 0 Å². The molecule has 0 radical (unpaired) electrons. The molecule has 1 aliphatic heterocycles. The van der Waals surface area contributed by atoms with Crippen molar-refractivity contribution in [2.45, 2.75) is 44.6 Å². The monoisotopic (exact) mass is 234 g/mol. The fourth-order valence-electron chi connectivity index (χ4n) is 2.81. The SMILES string of the molecule is Cl.NC(=O)ON1CCC[C@@H]2CCCC[C@H]21. The Kier molecular flexibility index (Phi) is 4.67. The maximum atomic E-state index is 10.7. The minimum atomic E-state index is -0.670. The van der Waals surface area contributed by atoms with E-state index in [4.69, 9.17) is 10.6 Å². The molecule has 0 unspecified atom stereocenters. The molecule has 1 aliphatic carbocycles. The lowest BCUT2D eigenvalue weighted by Gasteiger charge is -2.41. The van der Waals surface area contributed by atoms with Crippen LogP contribution in [0.25, 0.3) is 0 Å². The molecule has 15 heavy (non-hydrogen) atoms. The van der Waals surface area contributed by atoms with Crippen LogP contribution in [-0.2, 0) is 4.84 Å². The van der Waals surface area contributed by atoms with Crippen LogP contribution in [0.2, 0.25) is 0 Å². The van der Waals surface area contributed by atoms with E-state index < -0.39 is 6.09 Å². The normalized spacial score (nSPS) is 31.2. The minimum Gasteiger partial charge on any atom is -0.351 e. The van der Waals surface area contributed by atoms with Crippen molar-refractivity contribution < 1.29 is 9.63 Å². The molecule has 2 atom stereocenters. The summed E-state index contributed by atoms with van der Waals surface area (Å²) in [6.07, 6.45) is 6.74. The smallest absolute Gasteiger partial charge is 0.351 e. The number of carbonyl (C=O) groups excluding carboxylic acids is 1. The lowest BCUT2D eigenvalue weighted by molar-refractivity contribution is -0.166. The van der Waals surface area contributed by atoms with E-state index in [1.807, 2.05) is 5.06 Å². The van der Waals surface area contributed by atoms with Crippen molar-refractivity contribution >= 4 is 18.5 Å². The van der Waals surface area contributed by atoms with Gasteiger partial charge in [0.05, 0.1) is 0 Å². The van der Waals surface area contributed by atoms with E-state index in [-0.39, 0.29) is 12.4 Å². The third-order valence-corrected chi connectivity index (χ3v) is 3.40. The van der Waals surface area contributed by atoms with Gasteiger partial charge in [0.2, 0.25) is 0 Å². The van der Waals surface area contributed by atoms with E-state index in [0.717, 1.165) is 25.3 Å². The average Bonchev–Trinajstić information content (AvgIpc) is 2.18. The van der Waals surface area contributed by atoms with E-state index in [1.165, 1.54) is 25.7 Å². The van der Waals surface area contributed by atoms with Crippen molar-refractivity contribution in [1.82, 2.24) is 5.06 Å². The van der Waals surface area contributed by atoms with Gasteiger partial charge < -0.3 is 10.6 Å². The number of nitrogens with two attached hydrogens (primary N) is 1. The summed E-state index contributed by atoms with van der Waals surface area (Å²) < 4.78 is 0. The molecule has 1 saturated carbocycles. The van der Waals surface area contributed by atoms with Crippen LogP contribution >= 0.6 is 12.4 Å². The summed E-state index contributed by atoms with van der Waals surface area (Å²) in [4.78, 5) is 15.7. The summed E-state index contributed by atoms with van der Waals surface area (Å²) in [5.74, 6) is 0.719. The zero-order valence-corrected chi connectivity index (χ0v) is 9.67. The van der Waals surface area contributed by atoms with Crippen molar-refractivity contribution in [3.8, 4) is 0 Å². The van der Waals surface area contributed by atoms with Crippen molar-refractivity contribution in [3.63, 3.8) is 0 Å². The molecule has 1 saturated heterocycles.